The normalized spacial score (nSPS) is 10.2. The lowest BCUT2D eigenvalue weighted by Crippen LogP contribution is -2.14. The van der Waals surface area contributed by atoms with Crippen LogP contribution in [0.2, 0.25) is 0 Å². The zero-order chi connectivity index (χ0) is 15.2. The highest BCUT2D eigenvalue weighted by Gasteiger charge is 2.13. The maximum absolute atomic E-state index is 11.9. The molecule has 1 aromatic heterocycles. The number of rotatable bonds is 5. The van der Waals surface area contributed by atoms with E-state index >= 15 is 0 Å². The number of amides is 1. The SMILES string of the molecule is COC(=O)c1cccc(NC(=O)CCc2ccco2)c1C. The first-order chi connectivity index (χ1) is 10.1. The highest BCUT2D eigenvalue weighted by Crippen LogP contribution is 2.20. The molecule has 0 aliphatic rings. The van der Waals surface area contributed by atoms with E-state index in [1.54, 1.807) is 37.5 Å². The second-order valence-electron chi connectivity index (χ2n) is 4.60. The van der Waals surface area contributed by atoms with Crippen molar-refractivity contribution < 1.29 is 18.7 Å². The van der Waals surface area contributed by atoms with Crippen LogP contribution in [0.25, 0.3) is 0 Å². The summed E-state index contributed by atoms with van der Waals surface area (Å²) in [6, 6.07) is 8.75. The van der Waals surface area contributed by atoms with Crippen molar-refractivity contribution in [3.05, 3.63) is 53.5 Å². The van der Waals surface area contributed by atoms with E-state index < -0.39 is 5.97 Å². The lowest BCUT2D eigenvalue weighted by molar-refractivity contribution is -0.116. The Kier molecular flexibility index (Phi) is 4.77. The van der Waals surface area contributed by atoms with Gasteiger partial charge < -0.3 is 14.5 Å². The van der Waals surface area contributed by atoms with Gasteiger partial charge in [-0.3, -0.25) is 4.79 Å². The number of benzene rings is 1. The van der Waals surface area contributed by atoms with E-state index in [-0.39, 0.29) is 5.91 Å². The Morgan fingerprint density at radius 2 is 2.05 bits per heavy atom. The van der Waals surface area contributed by atoms with Crippen molar-refractivity contribution >= 4 is 17.6 Å². The summed E-state index contributed by atoms with van der Waals surface area (Å²) in [7, 11) is 1.33. The summed E-state index contributed by atoms with van der Waals surface area (Å²) < 4.78 is 9.89. The molecule has 0 saturated carbocycles. The van der Waals surface area contributed by atoms with E-state index in [0.29, 0.717) is 29.7 Å². The van der Waals surface area contributed by atoms with Gasteiger partial charge in [-0.05, 0) is 36.8 Å². The summed E-state index contributed by atoms with van der Waals surface area (Å²) in [6.07, 6.45) is 2.43. The third kappa shape index (κ3) is 3.72. The number of methoxy groups -OCH3 is 1. The number of nitrogens with one attached hydrogen (secondary N) is 1. The number of carbonyl (C=O) groups excluding carboxylic acids is 2. The molecule has 1 heterocycles. The van der Waals surface area contributed by atoms with Crippen LogP contribution in [0.4, 0.5) is 5.69 Å². The van der Waals surface area contributed by atoms with Gasteiger partial charge in [0, 0.05) is 18.5 Å². The second kappa shape index (κ2) is 6.74. The molecule has 0 fully saturated rings. The van der Waals surface area contributed by atoms with Crippen LogP contribution in [0, 0.1) is 6.92 Å². The number of esters is 1. The van der Waals surface area contributed by atoms with E-state index in [9.17, 15) is 9.59 Å². The second-order valence-corrected chi connectivity index (χ2v) is 4.60. The summed E-state index contributed by atoms with van der Waals surface area (Å²) in [5, 5.41) is 2.80. The maximum Gasteiger partial charge on any atom is 0.338 e. The predicted molar refractivity (Wildman–Crippen MR) is 78.2 cm³/mol. The fourth-order valence-corrected chi connectivity index (χ4v) is 2.01. The molecule has 0 aliphatic heterocycles. The molecule has 0 aliphatic carbocycles. The molecule has 2 aromatic rings. The summed E-state index contributed by atoms with van der Waals surface area (Å²) >= 11 is 0. The van der Waals surface area contributed by atoms with Crippen LogP contribution in [-0.4, -0.2) is 19.0 Å². The number of carbonyl (C=O) groups is 2. The molecule has 5 heteroatoms. The van der Waals surface area contributed by atoms with Gasteiger partial charge in [-0.1, -0.05) is 6.07 Å². The summed E-state index contributed by atoms with van der Waals surface area (Å²) in [4.78, 5) is 23.5. The van der Waals surface area contributed by atoms with E-state index in [2.05, 4.69) is 5.32 Å². The summed E-state index contributed by atoms with van der Waals surface area (Å²) in [6.45, 7) is 1.77. The maximum atomic E-state index is 11.9. The number of hydrogen-bond acceptors (Lipinski definition) is 4. The Morgan fingerprint density at radius 1 is 1.24 bits per heavy atom. The Morgan fingerprint density at radius 3 is 2.71 bits per heavy atom. The first kappa shape index (κ1) is 14.8. The molecule has 1 N–H and O–H groups in total. The van der Waals surface area contributed by atoms with Gasteiger partial charge in [0.05, 0.1) is 18.9 Å². The Balaban J connectivity index is 2.02. The molecular weight excluding hydrogens is 270 g/mol. The van der Waals surface area contributed by atoms with Crippen LogP contribution in [0.15, 0.2) is 41.0 Å². The minimum absolute atomic E-state index is 0.128. The minimum Gasteiger partial charge on any atom is -0.469 e. The number of furan rings is 1. The van der Waals surface area contributed by atoms with E-state index in [1.165, 1.54) is 7.11 Å². The van der Waals surface area contributed by atoms with E-state index in [1.807, 2.05) is 6.07 Å². The molecule has 1 aromatic carbocycles. The van der Waals surface area contributed by atoms with Gasteiger partial charge in [-0.25, -0.2) is 4.79 Å². The zero-order valence-electron chi connectivity index (χ0n) is 12.0. The van der Waals surface area contributed by atoms with Crippen molar-refractivity contribution in [2.45, 2.75) is 19.8 Å². The highest BCUT2D eigenvalue weighted by atomic mass is 16.5. The quantitative estimate of drug-likeness (QED) is 0.858. The summed E-state index contributed by atoms with van der Waals surface area (Å²) in [5.41, 5.74) is 1.75. The monoisotopic (exact) mass is 287 g/mol. The first-order valence-electron chi connectivity index (χ1n) is 6.62. The van der Waals surface area contributed by atoms with Crippen LogP contribution in [0.5, 0.6) is 0 Å². The van der Waals surface area contributed by atoms with E-state index in [0.717, 1.165) is 5.76 Å². The van der Waals surface area contributed by atoms with E-state index in [4.69, 9.17) is 9.15 Å². The third-order valence-corrected chi connectivity index (χ3v) is 3.19. The molecule has 1 amide bonds. The number of hydrogen-bond donors (Lipinski definition) is 1. The molecule has 0 bridgehead atoms. The fraction of sp³-hybridized carbons (Fsp3) is 0.250. The molecular formula is C16H17NO4. The average Bonchev–Trinajstić information content (AvgIpc) is 3.00. The summed E-state index contributed by atoms with van der Waals surface area (Å²) in [5.74, 6) is 0.223. The Hall–Kier alpha value is -2.56. The van der Waals surface area contributed by atoms with Crippen LogP contribution in [0.3, 0.4) is 0 Å². The van der Waals surface area contributed by atoms with Crippen molar-refractivity contribution in [1.82, 2.24) is 0 Å². The molecule has 5 nitrogen and oxygen atoms in total. The molecule has 0 radical (unpaired) electrons. The Labute approximate surface area is 122 Å². The van der Waals surface area contributed by atoms with Gasteiger partial charge in [0.15, 0.2) is 0 Å². The van der Waals surface area contributed by atoms with Crippen LogP contribution >= 0.6 is 0 Å². The lowest BCUT2D eigenvalue weighted by Gasteiger charge is -2.11. The molecule has 0 spiro atoms. The van der Waals surface area contributed by atoms with Gasteiger partial charge in [-0.15, -0.1) is 0 Å². The first-order valence-corrected chi connectivity index (χ1v) is 6.62. The topological polar surface area (TPSA) is 68.5 Å². The highest BCUT2D eigenvalue weighted by molar-refractivity contribution is 5.96. The molecule has 0 atom stereocenters. The molecule has 110 valence electrons. The van der Waals surface area contributed by atoms with Crippen LogP contribution < -0.4 is 5.32 Å². The predicted octanol–water partition coefficient (Wildman–Crippen LogP) is 2.95. The average molecular weight is 287 g/mol. The molecule has 21 heavy (non-hydrogen) atoms. The number of anilines is 1. The lowest BCUT2D eigenvalue weighted by atomic mass is 10.1. The van der Waals surface area contributed by atoms with Gasteiger partial charge in [0.1, 0.15) is 5.76 Å². The van der Waals surface area contributed by atoms with Crippen molar-refractivity contribution in [2.24, 2.45) is 0 Å². The molecule has 0 unspecified atom stereocenters. The van der Waals surface area contributed by atoms with Crippen LogP contribution in [0.1, 0.15) is 28.1 Å². The largest absolute Gasteiger partial charge is 0.469 e. The van der Waals surface area contributed by atoms with Crippen molar-refractivity contribution in [2.75, 3.05) is 12.4 Å². The van der Waals surface area contributed by atoms with Crippen molar-refractivity contribution in [3.8, 4) is 0 Å². The third-order valence-electron chi connectivity index (χ3n) is 3.19. The standard InChI is InChI=1S/C16H17NO4/c1-11-13(16(19)20-2)6-3-7-14(11)17-15(18)9-8-12-5-4-10-21-12/h3-7,10H,8-9H2,1-2H3,(H,17,18). The molecule has 2 rings (SSSR count). The zero-order valence-corrected chi connectivity index (χ0v) is 12.0. The van der Waals surface area contributed by atoms with Crippen molar-refractivity contribution in [3.63, 3.8) is 0 Å². The van der Waals surface area contributed by atoms with Gasteiger partial charge in [0.25, 0.3) is 0 Å². The Bertz CT molecular complexity index is 632. The van der Waals surface area contributed by atoms with Gasteiger partial charge in [0.2, 0.25) is 5.91 Å². The molecule has 0 saturated heterocycles. The van der Waals surface area contributed by atoms with Crippen LogP contribution in [-0.2, 0) is 16.0 Å². The minimum atomic E-state index is -0.417. The fourth-order valence-electron chi connectivity index (χ4n) is 2.01. The van der Waals surface area contributed by atoms with Gasteiger partial charge in [-0.2, -0.15) is 0 Å². The van der Waals surface area contributed by atoms with Crippen molar-refractivity contribution in [1.29, 1.82) is 0 Å². The van der Waals surface area contributed by atoms with Gasteiger partial charge >= 0.3 is 5.97 Å². The smallest absolute Gasteiger partial charge is 0.338 e. The number of aryl methyl sites for hydroxylation is 1. The number of ether oxygens (including phenoxy) is 1.